The molecule has 0 bridgehead atoms. The van der Waals surface area contributed by atoms with Crippen LogP contribution in [0.4, 0.5) is 5.82 Å². The SMILES string of the molecule is Cc1ccc(OC(=O)CCn2cnc([N+](=O)[O-])c2)cc1. The maximum Gasteiger partial charge on any atom is 0.381 e. The van der Waals surface area contributed by atoms with Gasteiger partial charge in [-0.3, -0.25) is 4.79 Å². The van der Waals surface area contributed by atoms with Crippen LogP contribution in [0, 0.1) is 17.0 Å². The molecule has 104 valence electrons. The highest BCUT2D eigenvalue weighted by atomic mass is 16.6. The fraction of sp³-hybridized carbons (Fsp3) is 0.231. The van der Waals surface area contributed by atoms with E-state index in [9.17, 15) is 14.9 Å². The van der Waals surface area contributed by atoms with Crippen molar-refractivity contribution in [2.45, 2.75) is 19.9 Å². The zero-order chi connectivity index (χ0) is 14.5. The van der Waals surface area contributed by atoms with E-state index in [-0.39, 0.29) is 18.8 Å². The summed E-state index contributed by atoms with van der Waals surface area (Å²) in [6.07, 6.45) is 2.71. The first kappa shape index (κ1) is 13.7. The molecule has 7 heteroatoms. The monoisotopic (exact) mass is 275 g/mol. The number of hydrogen-bond donors (Lipinski definition) is 0. The minimum atomic E-state index is -0.582. The number of rotatable bonds is 5. The molecule has 0 aliphatic heterocycles. The average molecular weight is 275 g/mol. The second-order valence-corrected chi connectivity index (χ2v) is 4.26. The number of aryl methyl sites for hydroxylation is 2. The van der Waals surface area contributed by atoms with Crippen molar-refractivity contribution in [2.24, 2.45) is 0 Å². The van der Waals surface area contributed by atoms with Crippen LogP contribution in [0.3, 0.4) is 0 Å². The molecular weight excluding hydrogens is 262 g/mol. The Labute approximate surface area is 115 Å². The summed E-state index contributed by atoms with van der Waals surface area (Å²) < 4.78 is 6.62. The van der Waals surface area contributed by atoms with Gasteiger partial charge in [-0.05, 0) is 29.0 Å². The van der Waals surface area contributed by atoms with Gasteiger partial charge in [0.15, 0.2) is 0 Å². The molecule has 0 amide bonds. The molecule has 0 atom stereocenters. The molecule has 20 heavy (non-hydrogen) atoms. The Hall–Kier alpha value is -2.70. The Bertz CT molecular complexity index is 619. The summed E-state index contributed by atoms with van der Waals surface area (Å²) in [4.78, 5) is 25.1. The van der Waals surface area contributed by atoms with E-state index in [0.29, 0.717) is 5.75 Å². The van der Waals surface area contributed by atoms with Crippen molar-refractivity contribution < 1.29 is 14.5 Å². The second-order valence-electron chi connectivity index (χ2n) is 4.26. The molecule has 2 rings (SSSR count). The summed E-state index contributed by atoms with van der Waals surface area (Å²) in [7, 11) is 0. The largest absolute Gasteiger partial charge is 0.426 e. The zero-order valence-corrected chi connectivity index (χ0v) is 10.9. The quantitative estimate of drug-likeness (QED) is 0.361. The Morgan fingerprint density at radius 2 is 2.10 bits per heavy atom. The summed E-state index contributed by atoms with van der Waals surface area (Å²) in [5, 5.41) is 10.5. The highest BCUT2D eigenvalue weighted by molar-refractivity contribution is 5.72. The summed E-state index contributed by atoms with van der Waals surface area (Å²) in [6.45, 7) is 2.23. The van der Waals surface area contributed by atoms with Crippen LogP contribution >= 0.6 is 0 Å². The van der Waals surface area contributed by atoms with Crippen LogP contribution in [-0.2, 0) is 11.3 Å². The molecular formula is C13H13N3O4. The normalized spacial score (nSPS) is 10.2. The van der Waals surface area contributed by atoms with Gasteiger partial charge in [0.25, 0.3) is 0 Å². The molecule has 0 aliphatic rings. The Morgan fingerprint density at radius 3 is 2.70 bits per heavy atom. The van der Waals surface area contributed by atoms with E-state index in [0.717, 1.165) is 5.56 Å². The number of benzene rings is 1. The van der Waals surface area contributed by atoms with E-state index >= 15 is 0 Å². The van der Waals surface area contributed by atoms with E-state index < -0.39 is 10.9 Å². The molecule has 0 N–H and O–H groups in total. The molecule has 0 unspecified atom stereocenters. The standard InChI is InChI=1S/C13H13N3O4/c1-10-2-4-11(5-3-10)20-13(17)6-7-15-8-12(14-9-15)16(18)19/h2-5,8-9H,6-7H2,1H3. The van der Waals surface area contributed by atoms with Crippen molar-refractivity contribution in [3.63, 3.8) is 0 Å². The minimum Gasteiger partial charge on any atom is -0.426 e. The number of hydrogen-bond acceptors (Lipinski definition) is 5. The van der Waals surface area contributed by atoms with E-state index in [1.54, 1.807) is 12.1 Å². The molecule has 0 fully saturated rings. The molecule has 0 radical (unpaired) electrons. The van der Waals surface area contributed by atoms with Crippen LogP contribution < -0.4 is 4.74 Å². The van der Waals surface area contributed by atoms with Gasteiger partial charge in [0.2, 0.25) is 6.33 Å². The molecule has 1 aromatic carbocycles. The lowest BCUT2D eigenvalue weighted by Crippen LogP contribution is -2.11. The summed E-state index contributed by atoms with van der Waals surface area (Å²) in [5.74, 6) is -0.153. The van der Waals surface area contributed by atoms with Gasteiger partial charge >= 0.3 is 11.8 Å². The molecule has 0 saturated heterocycles. The van der Waals surface area contributed by atoms with Gasteiger partial charge < -0.3 is 19.4 Å². The molecule has 7 nitrogen and oxygen atoms in total. The fourth-order valence-corrected chi connectivity index (χ4v) is 1.57. The smallest absolute Gasteiger partial charge is 0.381 e. The predicted octanol–water partition coefficient (Wildman–Crippen LogP) is 2.10. The van der Waals surface area contributed by atoms with Crippen LogP contribution in [0.25, 0.3) is 0 Å². The summed E-state index contributed by atoms with van der Waals surface area (Å²) in [6, 6.07) is 7.13. The van der Waals surface area contributed by atoms with Crippen molar-refractivity contribution in [1.29, 1.82) is 0 Å². The van der Waals surface area contributed by atoms with Crippen molar-refractivity contribution in [3.8, 4) is 5.75 Å². The third-order valence-corrected chi connectivity index (χ3v) is 2.63. The van der Waals surface area contributed by atoms with E-state index in [2.05, 4.69) is 4.98 Å². The number of nitrogens with zero attached hydrogens (tertiary/aromatic N) is 3. The second kappa shape index (κ2) is 5.96. The van der Waals surface area contributed by atoms with Crippen molar-refractivity contribution in [3.05, 3.63) is 52.5 Å². The molecule has 1 heterocycles. The maximum absolute atomic E-state index is 11.6. The van der Waals surface area contributed by atoms with Crippen molar-refractivity contribution in [1.82, 2.24) is 9.55 Å². The third-order valence-electron chi connectivity index (χ3n) is 2.63. The topological polar surface area (TPSA) is 87.3 Å². The fourth-order valence-electron chi connectivity index (χ4n) is 1.57. The van der Waals surface area contributed by atoms with Gasteiger partial charge in [0, 0.05) is 6.54 Å². The Balaban J connectivity index is 1.85. The van der Waals surface area contributed by atoms with Gasteiger partial charge in [-0.1, -0.05) is 17.7 Å². The van der Waals surface area contributed by atoms with Crippen LogP contribution in [0.5, 0.6) is 5.75 Å². The molecule has 2 aromatic rings. The lowest BCUT2D eigenvalue weighted by molar-refractivity contribution is -0.389. The minimum absolute atomic E-state index is 0.112. The first-order valence-electron chi connectivity index (χ1n) is 5.98. The van der Waals surface area contributed by atoms with Gasteiger partial charge in [0.05, 0.1) is 6.42 Å². The van der Waals surface area contributed by atoms with E-state index in [1.807, 2.05) is 19.1 Å². The number of esters is 1. The Kier molecular flexibility index (Phi) is 4.09. The molecule has 0 saturated carbocycles. The first-order chi connectivity index (χ1) is 9.54. The van der Waals surface area contributed by atoms with Crippen molar-refractivity contribution >= 4 is 11.8 Å². The number of carbonyl (C=O) groups excluding carboxylic acids is 1. The summed E-state index contributed by atoms with van der Waals surface area (Å²) >= 11 is 0. The first-order valence-corrected chi connectivity index (χ1v) is 5.98. The number of imidazole rings is 1. The zero-order valence-electron chi connectivity index (χ0n) is 10.9. The molecule has 0 spiro atoms. The maximum atomic E-state index is 11.6. The van der Waals surface area contributed by atoms with Crippen LogP contribution in [-0.4, -0.2) is 20.4 Å². The summed E-state index contributed by atoms with van der Waals surface area (Å²) in [5.41, 5.74) is 1.08. The van der Waals surface area contributed by atoms with Crippen molar-refractivity contribution in [2.75, 3.05) is 0 Å². The van der Waals surface area contributed by atoms with E-state index in [4.69, 9.17) is 4.74 Å². The number of aromatic nitrogens is 2. The van der Waals surface area contributed by atoms with Crippen LogP contribution in [0.15, 0.2) is 36.8 Å². The van der Waals surface area contributed by atoms with Gasteiger partial charge in [-0.15, -0.1) is 0 Å². The lowest BCUT2D eigenvalue weighted by atomic mass is 10.2. The third kappa shape index (κ3) is 3.64. The van der Waals surface area contributed by atoms with Gasteiger partial charge in [0.1, 0.15) is 11.9 Å². The molecule has 1 aromatic heterocycles. The number of carbonyl (C=O) groups is 1. The van der Waals surface area contributed by atoms with Crippen LogP contribution in [0.1, 0.15) is 12.0 Å². The van der Waals surface area contributed by atoms with Gasteiger partial charge in [-0.25, -0.2) is 0 Å². The average Bonchev–Trinajstić information content (AvgIpc) is 2.88. The molecule has 0 aliphatic carbocycles. The van der Waals surface area contributed by atoms with Crippen LogP contribution in [0.2, 0.25) is 0 Å². The van der Waals surface area contributed by atoms with E-state index in [1.165, 1.54) is 17.1 Å². The number of nitro groups is 1. The Morgan fingerprint density at radius 1 is 1.40 bits per heavy atom. The van der Waals surface area contributed by atoms with Gasteiger partial charge in [-0.2, -0.15) is 0 Å². The lowest BCUT2D eigenvalue weighted by Gasteiger charge is -2.04. The number of ether oxygens (including phenoxy) is 1. The highest BCUT2D eigenvalue weighted by Crippen LogP contribution is 2.12. The highest BCUT2D eigenvalue weighted by Gasteiger charge is 2.11. The predicted molar refractivity (Wildman–Crippen MR) is 70.3 cm³/mol.